The number of nitro groups is 1. The van der Waals surface area contributed by atoms with Gasteiger partial charge in [-0.25, -0.2) is 0 Å². The standard InChI is InChI=1S/C15H18N2O3/c1-2-15(16-9-8-14-7-4-10-20-14)12-5-3-6-13(11-12)17(18)19/h3-7,10-11,15-16H,2,8-9H2,1H3. The Labute approximate surface area is 117 Å². The summed E-state index contributed by atoms with van der Waals surface area (Å²) in [6.45, 7) is 2.83. The van der Waals surface area contributed by atoms with Gasteiger partial charge in [0.15, 0.2) is 0 Å². The molecule has 0 fully saturated rings. The van der Waals surface area contributed by atoms with E-state index in [0.29, 0.717) is 0 Å². The normalized spacial score (nSPS) is 12.2. The fourth-order valence-corrected chi connectivity index (χ4v) is 2.18. The van der Waals surface area contributed by atoms with E-state index >= 15 is 0 Å². The quantitative estimate of drug-likeness (QED) is 0.620. The molecule has 0 saturated carbocycles. The maximum absolute atomic E-state index is 10.8. The van der Waals surface area contributed by atoms with Crippen molar-refractivity contribution in [1.82, 2.24) is 5.32 Å². The van der Waals surface area contributed by atoms with Crippen LogP contribution in [0.15, 0.2) is 47.1 Å². The predicted molar refractivity (Wildman–Crippen MR) is 76.5 cm³/mol. The molecule has 106 valence electrons. The minimum Gasteiger partial charge on any atom is -0.469 e. The first-order valence-electron chi connectivity index (χ1n) is 6.71. The molecular weight excluding hydrogens is 256 g/mol. The Morgan fingerprint density at radius 2 is 2.20 bits per heavy atom. The number of hydrogen-bond acceptors (Lipinski definition) is 4. The summed E-state index contributed by atoms with van der Waals surface area (Å²) in [4.78, 5) is 10.4. The van der Waals surface area contributed by atoms with Crippen molar-refractivity contribution in [1.29, 1.82) is 0 Å². The van der Waals surface area contributed by atoms with Gasteiger partial charge in [-0.05, 0) is 24.1 Å². The second-order valence-electron chi connectivity index (χ2n) is 4.60. The predicted octanol–water partition coefficient (Wildman–Crippen LogP) is 3.47. The Balaban J connectivity index is 1.97. The number of rotatable bonds is 7. The van der Waals surface area contributed by atoms with E-state index in [1.807, 2.05) is 18.2 Å². The van der Waals surface area contributed by atoms with Gasteiger partial charge in [-0.2, -0.15) is 0 Å². The van der Waals surface area contributed by atoms with Crippen molar-refractivity contribution < 1.29 is 9.34 Å². The van der Waals surface area contributed by atoms with E-state index in [-0.39, 0.29) is 16.7 Å². The third-order valence-corrected chi connectivity index (χ3v) is 3.23. The third kappa shape index (κ3) is 3.68. The van der Waals surface area contributed by atoms with Gasteiger partial charge in [0.1, 0.15) is 5.76 Å². The fourth-order valence-electron chi connectivity index (χ4n) is 2.18. The maximum Gasteiger partial charge on any atom is 0.269 e. The summed E-state index contributed by atoms with van der Waals surface area (Å²) in [5, 5.41) is 14.2. The maximum atomic E-state index is 10.8. The van der Waals surface area contributed by atoms with Gasteiger partial charge in [0.2, 0.25) is 0 Å². The van der Waals surface area contributed by atoms with Crippen LogP contribution in [0.25, 0.3) is 0 Å². The van der Waals surface area contributed by atoms with Gasteiger partial charge < -0.3 is 9.73 Å². The second kappa shape index (κ2) is 6.86. The summed E-state index contributed by atoms with van der Waals surface area (Å²) in [7, 11) is 0. The van der Waals surface area contributed by atoms with Gasteiger partial charge in [-0.3, -0.25) is 10.1 Å². The molecule has 1 heterocycles. The zero-order valence-electron chi connectivity index (χ0n) is 11.4. The molecule has 0 aliphatic heterocycles. The van der Waals surface area contributed by atoms with Crippen molar-refractivity contribution in [3.05, 3.63) is 64.1 Å². The van der Waals surface area contributed by atoms with Crippen LogP contribution in [-0.4, -0.2) is 11.5 Å². The van der Waals surface area contributed by atoms with Gasteiger partial charge in [0, 0.05) is 31.1 Å². The van der Waals surface area contributed by atoms with Crippen LogP contribution in [0.4, 0.5) is 5.69 Å². The summed E-state index contributed by atoms with van der Waals surface area (Å²) in [6, 6.07) is 10.7. The molecule has 0 saturated heterocycles. The van der Waals surface area contributed by atoms with E-state index in [1.165, 1.54) is 6.07 Å². The number of nitrogens with one attached hydrogen (secondary N) is 1. The lowest BCUT2D eigenvalue weighted by Crippen LogP contribution is -2.23. The largest absolute Gasteiger partial charge is 0.469 e. The number of non-ortho nitro benzene ring substituents is 1. The third-order valence-electron chi connectivity index (χ3n) is 3.23. The molecule has 0 bridgehead atoms. The van der Waals surface area contributed by atoms with E-state index in [0.717, 1.165) is 30.7 Å². The van der Waals surface area contributed by atoms with Gasteiger partial charge in [-0.15, -0.1) is 0 Å². The Kier molecular flexibility index (Phi) is 4.90. The minimum absolute atomic E-state index is 0.116. The zero-order valence-corrected chi connectivity index (χ0v) is 11.4. The number of nitrogens with zero attached hydrogens (tertiary/aromatic N) is 1. The Bertz CT molecular complexity index is 552. The first kappa shape index (κ1) is 14.3. The van der Waals surface area contributed by atoms with Crippen LogP contribution >= 0.6 is 0 Å². The fraction of sp³-hybridized carbons (Fsp3) is 0.333. The van der Waals surface area contributed by atoms with Crippen molar-refractivity contribution in [2.75, 3.05) is 6.54 Å². The number of furan rings is 1. The molecule has 5 heteroatoms. The lowest BCUT2D eigenvalue weighted by molar-refractivity contribution is -0.384. The molecule has 2 aromatic rings. The zero-order chi connectivity index (χ0) is 14.4. The molecule has 1 unspecified atom stereocenters. The highest BCUT2D eigenvalue weighted by Crippen LogP contribution is 2.21. The molecule has 1 atom stereocenters. The Morgan fingerprint density at radius 3 is 2.85 bits per heavy atom. The molecule has 1 aromatic carbocycles. The molecule has 1 N–H and O–H groups in total. The molecule has 1 aromatic heterocycles. The first-order valence-corrected chi connectivity index (χ1v) is 6.71. The number of benzene rings is 1. The van der Waals surface area contributed by atoms with Crippen molar-refractivity contribution >= 4 is 5.69 Å². The first-order chi connectivity index (χ1) is 9.70. The highest BCUT2D eigenvalue weighted by Gasteiger charge is 2.12. The van der Waals surface area contributed by atoms with Crippen LogP contribution in [-0.2, 0) is 6.42 Å². The van der Waals surface area contributed by atoms with E-state index in [9.17, 15) is 10.1 Å². The van der Waals surface area contributed by atoms with E-state index in [4.69, 9.17) is 4.42 Å². The molecular formula is C15H18N2O3. The van der Waals surface area contributed by atoms with Crippen LogP contribution in [0.3, 0.4) is 0 Å². The van der Waals surface area contributed by atoms with E-state index < -0.39 is 0 Å². The van der Waals surface area contributed by atoms with Gasteiger partial charge in [0.05, 0.1) is 11.2 Å². The molecule has 0 amide bonds. The molecule has 5 nitrogen and oxygen atoms in total. The van der Waals surface area contributed by atoms with E-state index in [2.05, 4.69) is 12.2 Å². The number of nitro benzene ring substituents is 1. The van der Waals surface area contributed by atoms with Crippen molar-refractivity contribution in [3.63, 3.8) is 0 Å². The van der Waals surface area contributed by atoms with Crippen LogP contribution in [0, 0.1) is 10.1 Å². The van der Waals surface area contributed by atoms with Crippen LogP contribution in [0.1, 0.15) is 30.7 Å². The van der Waals surface area contributed by atoms with E-state index in [1.54, 1.807) is 18.4 Å². The van der Waals surface area contributed by atoms with Gasteiger partial charge >= 0.3 is 0 Å². The highest BCUT2D eigenvalue weighted by atomic mass is 16.6. The van der Waals surface area contributed by atoms with Crippen molar-refractivity contribution in [3.8, 4) is 0 Å². The molecule has 0 aliphatic carbocycles. The molecule has 0 spiro atoms. The van der Waals surface area contributed by atoms with Crippen LogP contribution in [0.2, 0.25) is 0 Å². The lowest BCUT2D eigenvalue weighted by Gasteiger charge is -2.16. The smallest absolute Gasteiger partial charge is 0.269 e. The summed E-state index contributed by atoms with van der Waals surface area (Å²) >= 11 is 0. The minimum atomic E-state index is -0.362. The number of hydrogen-bond donors (Lipinski definition) is 1. The Morgan fingerprint density at radius 1 is 1.35 bits per heavy atom. The average molecular weight is 274 g/mol. The summed E-state index contributed by atoms with van der Waals surface area (Å²) in [5.41, 5.74) is 1.08. The van der Waals surface area contributed by atoms with Crippen molar-refractivity contribution in [2.45, 2.75) is 25.8 Å². The topological polar surface area (TPSA) is 68.3 Å². The van der Waals surface area contributed by atoms with Crippen LogP contribution in [0.5, 0.6) is 0 Å². The summed E-state index contributed by atoms with van der Waals surface area (Å²) in [5.74, 6) is 0.936. The Hall–Kier alpha value is -2.14. The van der Waals surface area contributed by atoms with Crippen LogP contribution < -0.4 is 5.32 Å². The second-order valence-corrected chi connectivity index (χ2v) is 4.60. The SMILES string of the molecule is CCC(NCCc1ccco1)c1cccc([N+](=O)[O-])c1. The summed E-state index contributed by atoms with van der Waals surface area (Å²) < 4.78 is 5.28. The van der Waals surface area contributed by atoms with Crippen molar-refractivity contribution in [2.24, 2.45) is 0 Å². The molecule has 0 aliphatic rings. The van der Waals surface area contributed by atoms with Gasteiger partial charge in [-0.1, -0.05) is 19.1 Å². The molecule has 2 rings (SSSR count). The monoisotopic (exact) mass is 274 g/mol. The molecule has 20 heavy (non-hydrogen) atoms. The van der Waals surface area contributed by atoms with Gasteiger partial charge in [0.25, 0.3) is 5.69 Å². The molecule has 0 radical (unpaired) electrons. The summed E-state index contributed by atoms with van der Waals surface area (Å²) in [6.07, 6.45) is 3.34. The highest BCUT2D eigenvalue weighted by molar-refractivity contribution is 5.35. The average Bonchev–Trinajstić information content (AvgIpc) is 2.97. The lowest BCUT2D eigenvalue weighted by atomic mass is 10.0.